The molecule has 4 N–H and O–H groups in total. The first-order valence-corrected chi connectivity index (χ1v) is 7.51. The molecule has 0 amide bonds. The molecule has 10 heteroatoms. The van der Waals surface area contributed by atoms with E-state index in [4.69, 9.17) is 15.2 Å². The van der Waals surface area contributed by atoms with Gasteiger partial charge in [0.2, 0.25) is 0 Å². The molecule has 0 aromatic carbocycles. The molecule has 2 rings (SSSR count). The van der Waals surface area contributed by atoms with Crippen LogP contribution in [-0.2, 0) is 20.0 Å². The highest BCUT2D eigenvalue weighted by Gasteiger charge is 2.57. The number of nitrogen functional groups attached to an aromatic ring is 1. The monoisotopic (exact) mass is 352 g/mol. The first-order chi connectivity index (χ1) is 11.5. The Kier molecular flexibility index (Phi) is 4.85. The van der Waals surface area contributed by atoms with Gasteiger partial charge in [0.05, 0.1) is 5.41 Å². The number of aliphatic hydroxyl groups is 2. The second-order valence-electron chi connectivity index (χ2n) is 6.75. The Bertz CT molecular complexity index is 765. The van der Waals surface area contributed by atoms with E-state index < -0.39 is 47.7 Å². The number of anilines is 1. The summed E-state index contributed by atoms with van der Waals surface area (Å²) in [5.74, 6) is -0.614. The molecule has 1 aliphatic heterocycles. The van der Waals surface area contributed by atoms with Crippen molar-refractivity contribution >= 4 is 11.8 Å². The molecule has 10 nitrogen and oxygen atoms in total. The van der Waals surface area contributed by atoms with E-state index in [-0.39, 0.29) is 5.82 Å². The van der Waals surface area contributed by atoms with Gasteiger partial charge in [0.1, 0.15) is 36.8 Å². The largest absolute Gasteiger partial charge is 0.462 e. The average Bonchev–Trinajstić information content (AvgIpc) is 2.77. The number of aromatic nitrogens is 2. The minimum Gasteiger partial charge on any atom is -0.462 e. The highest BCUT2D eigenvalue weighted by atomic mass is 16.6. The summed E-state index contributed by atoms with van der Waals surface area (Å²) in [6.45, 7) is 4.55. The van der Waals surface area contributed by atoms with Crippen molar-refractivity contribution in [2.75, 3.05) is 12.3 Å². The lowest BCUT2D eigenvalue weighted by Crippen LogP contribution is -2.49. The number of esters is 1. The summed E-state index contributed by atoms with van der Waals surface area (Å²) in [7, 11) is 0. The van der Waals surface area contributed by atoms with Crippen LogP contribution in [0.4, 0.5) is 5.82 Å². The molecule has 4 unspecified atom stereocenters. The zero-order valence-electron chi connectivity index (χ0n) is 14.0. The van der Waals surface area contributed by atoms with Crippen molar-refractivity contribution in [3.8, 4) is 6.07 Å². The second-order valence-corrected chi connectivity index (χ2v) is 6.75. The molecule has 1 aromatic heterocycles. The Hall–Kier alpha value is -2.48. The smallest absolute Gasteiger partial charge is 0.352 e. The molecule has 0 aliphatic carbocycles. The second kappa shape index (κ2) is 6.44. The number of hydrogen-bond donors (Lipinski definition) is 3. The van der Waals surface area contributed by atoms with Crippen LogP contribution in [0.15, 0.2) is 17.1 Å². The molecular formula is C15H20N4O6. The molecule has 4 atom stereocenters. The summed E-state index contributed by atoms with van der Waals surface area (Å²) >= 11 is 0. The molecule has 25 heavy (non-hydrogen) atoms. The standard InChI is InChI=1S/C15H20N4O6/c1-14(2,3)12(22)24-6-8-10(20)11(21)15(7-16,25-8)19-5-4-9(17)18-13(19)23/h4-5,8,10-11,20-21H,6H2,1-3H3,(H2,17,18,23). The summed E-state index contributed by atoms with van der Waals surface area (Å²) in [6, 6.07) is 2.94. The molecule has 1 fully saturated rings. The lowest BCUT2D eigenvalue weighted by atomic mass is 9.97. The third kappa shape index (κ3) is 3.34. The summed E-state index contributed by atoms with van der Waals surface area (Å²) < 4.78 is 11.2. The van der Waals surface area contributed by atoms with E-state index in [2.05, 4.69) is 4.98 Å². The highest BCUT2D eigenvalue weighted by Crippen LogP contribution is 2.34. The number of rotatable bonds is 3. The first kappa shape index (κ1) is 18.9. The number of hydrogen-bond acceptors (Lipinski definition) is 9. The van der Waals surface area contributed by atoms with Crippen LogP contribution >= 0.6 is 0 Å². The van der Waals surface area contributed by atoms with Crippen LogP contribution in [0.5, 0.6) is 0 Å². The van der Waals surface area contributed by atoms with E-state index in [1.807, 2.05) is 0 Å². The zero-order chi connectivity index (χ0) is 19.0. The van der Waals surface area contributed by atoms with E-state index >= 15 is 0 Å². The molecule has 0 radical (unpaired) electrons. The molecular weight excluding hydrogens is 332 g/mol. The molecule has 1 aromatic rings. The minimum atomic E-state index is -2.21. The van der Waals surface area contributed by atoms with Crippen molar-refractivity contribution in [3.05, 3.63) is 22.7 Å². The molecule has 1 saturated heterocycles. The van der Waals surface area contributed by atoms with Gasteiger partial charge in [0.15, 0.2) is 0 Å². The normalized spacial score (nSPS) is 29.2. The van der Waals surface area contributed by atoms with Gasteiger partial charge in [-0.3, -0.25) is 9.36 Å². The predicted molar refractivity (Wildman–Crippen MR) is 83.8 cm³/mol. The van der Waals surface area contributed by atoms with Gasteiger partial charge in [-0.1, -0.05) is 0 Å². The summed E-state index contributed by atoms with van der Waals surface area (Å²) in [5.41, 5.74) is 1.49. The Morgan fingerprint density at radius 1 is 1.56 bits per heavy atom. The van der Waals surface area contributed by atoms with Crippen LogP contribution in [0.2, 0.25) is 0 Å². The van der Waals surface area contributed by atoms with Gasteiger partial charge in [-0.25, -0.2) is 4.79 Å². The van der Waals surface area contributed by atoms with Gasteiger partial charge in [-0.2, -0.15) is 10.2 Å². The maximum atomic E-state index is 12.0. The quantitative estimate of drug-likeness (QED) is 0.562. The minimum absolute atomic E-state index is 0.0713. The Labute approximate surface area is 143 Å². The van der Waals surface area contributed by atoms with Gasteiger partial charge >= 0.3 is 11.7 Å². The van der Waals surface area contributed by atoms with Crippen LogP contribution in [-0.4, -0.2) is 50.7 Å². The Morgan fingerprint density at radius 2 is 2.20 bits per heavy atom. The zero-order valence-corrected chi connectivity index (χ0v) is 14.0. The topological polar surface area (TPSA) is 161 Å². The van der Waals surface area contributed by atoms with Crippen molar-refractivity contribution in [1.29, 1.82) is 5.26 Å². The van der Waals surface area contributed by atoms with Crippen LogP contribution in [0, 0.1) is 16.7 Å². The molecule has 1 aliphatic rings. The van der Waals surface area contributed by atoms with E-state index in [9.17, 15) is 25.1 Å². The summed E-state index contributed by atoms with van der Waals surface area (Å²) in [5, 5.41) is 30.0. The number of nitriles is 1. The highest BCUT2D eigenvalue weighted by molar-refractivity contribution is 5.75. The van der Waals surface area contributed by atoms with Crippen LogP contribution in [0.1, 0.15) is 20.8 Å². The lowest BCUT2D eigenvalue weighted by Gasteiger charge is -2.26. The first-order valence-electron chi connectivity index (χ1n) is 7.51. The number of nitrogens with two attached hydrogens (primary N) is 1. The number of carbonyl (C=O) groups is 1. The third-order valence-electron chi connectivity index (χ3n) is 3.77. The fourth-order valence-corrected chi connectivity index (χ4v) is 2.33. The Morgan fingerprint density at radius 3 is 2.72 bits per heavy atom. The van der Waals surface area contributed by atoms with Gasteiger partial charge in [-0.15, -0.1) is 0 Å². The van der Waals surface area contributed by atoms with Crippen LogP contribution < -0.4 is 11.4 Å². The summed E-state index contributed by atoms with van der Waals surface area (Å²) in [4.78, 5) is 27.3. The Balaban J connectivity index is 2.29. The van der Waals surface area contributed by atoms with E-state index in [0.717, 1.165) is 10.8 Å². The van der Waals surface area contributed by atoms with Crippen molar-refractivity contribution in [3.63, 3.8) is 0 Å². The van der Waals surface area contributed by atoms with Gasteiger partial charge in [-0.05, 0) is 26.8 Å². The van der Waals surface area contributed by atoms with E-state index in [1.54, 1.807) is 26.8 Å². The summed E-state index contributed by atoms with van der Waals surface area (Å²) in [6.07, 6.45) is -3.39. The number of nitrogens with zero attached hydrogens (tertiary/aromatic N) is 3. The molecule has 2 heterocycles. The van der Waals surface area contributed by atoms with Gasteiger partial charge in [0.25, 0.3) is 5.72 Å². The van der Waals surface area contributed by atoms with Crippen molar-refractivity contribution in [2.45, 2.75) is 44.8 Å². The maximum Gasteiger partial charge on any atom is 0.352 e. The van der Waals surface area contributed by atoms with Gasteiger partial charge < -0.3 is 25.4 Å². The fraction of sp³-hybridized carbons (Fsp3) is 0.600. The molecule has 0 spiro atoms. The van der Waals surface area contributed by atoms with Crippen LogP contribution in [0.3, 0.4) is 0 Å². The molecule has 0 bridgehead atoms. The van der Waals surface area contributed by atoms with Crippen molar-refractivity contribution < 1.29 is 24.5 Å². The molecule has 0 saturated carbocycles. The van der Waals surface area contributed by atoms with E-state index in [1.165, 1.54) is 6.07 Å². The maximum absolute atomic E-state index is 12.0. The van der Waals surface area contributed by atoms with Crippen LogP contribution in [0.25, 0.3) is 0 Å². The fourth-order valence-electron chi connectivity index (χ4n) is 2.33. The SMILES string of the molecule is CC(C)(C)C(=O)OCC1OC(C#N)(n2ccc(N)nc2=O)C(O)C1O. The number of ether oxygens (including phenoxy) is 2. The average molecular weight is 352 g/mol. The number of aliphatic hydroxyl groups excluding tert-OH is 2. The lowest BCUT2D eigenvalue weighted by molar-refractivity contribution is -0.162. The van der Waals surface area contributed by atoms with E-state index in [0.29, 0.717) is 0 Å². The van der Waals surface area contributed by atoms with Crippen molar-refractivity contribution in [1.82, 2.24) is 9.55 Å². The third-order valence-corrected chi connectivity index (χ3v) is 3.77. The van der Waals surface area contributed by atoms with Gasteiger partial charge in [0, 0.05) is 6.20 Å². The number of carbonyl (C=O) groups excluding carboxylic acids is 1. The van der Waals surface area contributed by atoms with Crippen molar-refractivity contribution in [2.24, 2.45) is 5.41 Å². The molecule has 136 valence electrons. The predicted octanol–water partition coefficient (Wildman–Crippen LogP) is -1.29.